The molecule has 0 aromatic heterocycles. The second kappa shape index (κ2) is 11.0. The molecule has 1 aromatic carbocycles. The molecule has 4 unspecified atom stereocenters. The van der Waals surface area contributed by atoms with Crippen LogP contribution in [0.2, 0.25) is 0 Å². The fourth-order valence-electron chi connectivity index (χ4n) is 7.62. The fraction of sp³-hybridized carbons (Fsp3) is 0.800. The van der Waals surface area contributed by atoms with Crippen LogP contribution in [0.4, 0.5) is 11.4 Å². The minimum atomic E-state index is -0.918. The third-order valence-electron chi connectivity index (χ3n) is 10.4. The van der Waals surface area contributed by atoms with Crippen LogP contribution < -0.4 is 26.6 Å². The van der Waals surface area contributed by atoms with Gasteiger partial charge in [0.05, 0.1) is 29.9 Å². The predicted octanol–water partition coefficient (Wildman–Crippen LogP) is 1.19. The van der Waals surface area contributed by atoms with Crippen LogP contribution in [0.15, 0.2) is 18.2 Å². The second-order valence-corrected chi connectivity index (χ2v) is 14.1. The number of aliphatic hydroxyl groups excluding tert-OH is 2. The number of ether oxygens (including phenoxy) is 1. The Labute approximate surface area is 239 Å². The molecule has 6 rings (SSSR count). The van der Waals surface area contributed by atoms with Crippen molar-refractivity contribution < 1.29 is 14.9 Å². The number of nitrogens with zero attached hydrogens (tertiary/aromatic N) is 3. The third-order valence-corrected chi connectivity index (χ3v) is 10.4. The lowest BCUT2D eigenvalue weighted by molar-refractivity contribution is -0.111. The van der Waals surface area contributed by atoms with Crippen molar-refractivity contribution in [1.82, 2.24) is 20.4 Å². The number of hydrogen-bond donors (Lipinski definition) is 6. The first-order valence-corrected chi connectivity index (χ1v) is 15.3. The van der Waals surface area contributed by atoms with Gasteiger partial charge in [0.15, 0.2) is 0 Å². The molecule has 8 atom stereocenters. The number of benzene rings is 1. The van der Waals surface area contributed by atoms with Gasteiger partial charge in [0.2, 0.25) is 0 Å². The van der Waals surface area contributed by atoms with Gasteiger partial charge in [0, 0.05) is 38.8 Å². The maximum Gasteiger partial charge on any atom is 0.141 e. The first-order chi connectivity index (χ1) is 19.0. The summed E-state index contributed by atoms with van der Waals surface area (Å²) in [5.74, 6) is 0.991. The van der Waals surface area contributed by atoms with Gasteiger partial charge >= 0.3 is 0 Å². The number of nitrogens with one attached hydrogen (secondary N) is 3. The van der Waals surface area contributed by atoms with Gasteiger partial charge in [-0.2, -0.15) is 0 Å². The Morgan fingerprint density at radius 3 is 2.65 bits per heavy atom. The van der Waals surface area contributed by atoms with E-state index in [9.17, 15) is 10.2 Å². The Morgan fingerprint density at radius 1 is 1.12 bits per heavy atom. The number of likely N-dealkylation sites (tertiary alicyclic amines) is 1. The lowest BCUT2D eigenvalue weighted by atomic mass is 9.76. The van der Waals surface area contributed by atoms with E-state index in [0.29, 0.717) is 25.4 Å². The largest absolute Gasteiger partial charge is 0.387 e. The van der Waals surface area contributed by atoms with Crippen molar-refractivity contribution in [3.05, 3.63) is 23.8 Å². The predicted molar refractivity (Wildman–Crippen MR) is 158 cm³/mol. The first-order valence-electron chi connectivity index (χ1n) is 15.3. The maximum absolute atomic E-state index is 10.9. The standard InChI is InChI=1S/C30H51N7O3/c1-30(2,3)18-7-8-22-21(14-18)34-24(36(22)5)9-6-17-12-19(13-17)35(4)15-23-25(38)26(39)29(40-23)37-11-10-20-27(31)32-16-33-28(20)37/h7-8,14,17,19-20,23-29,32-34,38-39H,6,9-13,15-16,31H2,1-5H3/t17-,19-,20?,23-,24?,25-,26-,27?,28?,29-/m1/s1. The van der Waals surface area contributed by atoms with Crippen molar-refractivity contribution in [2.24, 2.45) is 17.6 Å². The highest BCUT2D eigenvalue weighted by molar-refractivity contribution is 5.76. The average Bonchev–Trinajstić information content (AvgIpc) is 3.53. The van der Waals surface area contributed by atoms with E-state index in [0.717, 1.165) is 25.3 Å². The van der Waals surface area contributed by atoms with Crippen LogP contribution in [0.3, 0.4) is 0 Å². The lowest BCUT2D eigenvalue weighted by Gasteiger charge is -2.43. The van der Waals surface area contributed by atoms with Gasteiger partial charge in [-0.1, -0.05) is 26.8 Å². The molecule has 1 aromatic rings. The summed E-state index contributed by atoms with van der Waals surface area (Å²) in [7, 11) is 4.33. The zero-order valence-corrected chi connectivity index (χ0v) is 24.9. The smallest absolute Gasteiger partial charge is 0.141 e. The summed E-state index contributed by atoms with van der Waals surface area (Å²) in [5, 5.41) is 32.3. The van der Waals surface area contributed by atoms with E-state index in [1.54, 1.807) is 0 Å². The second-order valence-electron chi connectivity index (χ2n) is 14.1. The van der Waals surface area contributed by atoms with E-state index in [1.807, 2.05) is 0 Å². The molecule has 4 heterocycles. The number of nitrogens with two attached hydrogens (primary N) is 1. The number of rotatable bonds is 7. The molecule has 1 saturated carbocycles. The summed E-state index contributed by atoms with van der Waals surface area (Å²) in [4.78, 5) is 6.88. The van der Waals surface area contributed by atoms with Crippen LogP contribution in [-0.4, -0.2) is 103 Å². The van der Waals surface area contributed by atoms with Gasteiger partial charge in [-0.25, -0.2) is 0 Å². The highest BCUT2D eigenvalue weighted by Gasteiger charge is 2.52. The summed E-state index contributed by atoms with van der Waals surface area (Å²) in [5.41, 5.74) is 10.3. The molecule has 3 saturated heterocycles. The summed E-state index contributed by atoms with van der Waals surface area (Å²) < 4.78 is 6.33. The van der Waals surface area contributed by atoms with Gasteiger partial charge in [-0.3, -0.25) is 15.5 Å². The Kier molecular flexibility index (Phi) is 7.84. The van der Waals surface area contributed by atoms with E-state index >= 15 is 0 Å². The van der Waals surface area contributed by atoms with Gasteiger partial charge in [-0.15, -0.1) is 0 Å². The van der Waals surface area contributed by atoms with Crippen molar-refractivity contribution in [2.45, 2.75) is 107 Å². The van der Waals surface area contributed by atoms with E-state index in [1.165, 1.54) is 36.2 Å². The van der Waals surface area contributed by atoms with Gasteiger partial charge in [-0.05, 0) is 68.2 Å². The van der Waals surface area contributed by atoms with E-state index in [-0.39, 0.29) is 23.7 Å². The first kappa shape index (κ1) is 28.6. The minimum absolute atomic E-state index is 0.0605. The van der Waals surface area contributed by atoms with Crippen molar-refractivity contribution in [2.75, 3.05) is 44.1 Å². The van der Waals surface area contributed by atoms with Crippen LogP contribution in [0.5, 0.6) is 0 Å². The molecule has 7 N–H and O–H groups in total. The van der Waals surface area contributed by atoms with Crippen LogP contribution >= 0.6 is 0 Å². The van der Waals surface area contributed by atoms with Gasteiger partial charge in [0.25, 0.3) is 0 Å². The lowest BCUT2D eigenvalue weighted by Crippen LogP contribution is -2.64. The topological polar surface area (TPSA) is 122 Å². The third kappa shape index (κ3) is 5.26. The molecule has 0 amide bonds. The number of hydrogen-bond acceptors (Lipinski definition) is 10. The Bertz CT molecular complexity index is 1050. The molecule has 40 heavy (non-hydrogen) atoms. The quantitative estimate of drug-likeness (QED) is 0.292. The zero-order chi connectivity index (χ0) is 28.3. The molecule has 10 heteroatoms. The molecule has 224 valence electrons. The Balaban J connectivity index is 0.956. The van der Waals surface area contributed by atoms with Crippen molar-refractivity contribution in [3.63, 3.8) is 0 Å². The summed E-state index contributed by atoms with van der Waals surface area (Å²) >= 11 is 0. The van der Waals surface area contributed by atoms with Gasteiger partial charge < -0.3 is 35.8 Å². The normalized spacial score (nSPS) is 39.8. The van der Waals surface area contributed by atoms with Crippen molar-refractivity contribution >= 4 is 11.4 Å². The van der Waals surface area contributed by atoms with Crippen LogP contribution in [0, 0.1) is 11.8 Å². The minimum Gasteiger partial charge on any atom is -0.387 e. The fourth-order valence-corrected chi connectivity index (χ4v) is 7.62. The molecule has 0 spiro atoms. The number of aliphatic hydroxyl groups is 2. The number of anilines is 2. The summed E-state index contributed by atoms with van der Waals surface area (Å²) in [6, 6.07) is 7.34. The Hall–Kier alpha value is -1.50. The summed E-state index contributed by atoms with van der Waals surface area (Å²) in [6.07, 6.45) is 3.26. The molecule has 5 aliphatic rings. The Morgan fingerprint density at radius 2 is 1.90 bits per heavy atom. The molecule has 10 nitrogen and oxygen atoms in total. The summed E-state index contributed by atoms with van der Waals surface area (Å²) in [6.45, 7) is 8.85. The molecule has 0 bridgehead atoms. The van der Waals surface area contributed by atoms with E-state index in [2.05, 4.69) is 83.7 Å². The van der Waals surface area contributed by atoms with Crippen LogP contribution in [0.25, 0.3) is 0 Å². The highest BCUT2D eigenvalue weighted by Crippen LogP contribution is 2.41. The van der Waals surface area contributed by atoms with E-state index < -0.39 is 24.5 Å². The molecule has 1 aliphatic carbocycles. The average molecular weight is 558 g/mol. The van der Waals surface area contributed by atoms with Crippen molar-refractivity contribution in [3.8, 4) is 0 Å². The van der Waals surface area contributed by atoms with Crippen LogP contribution in [-0.2, 0) is 10.2 Å². The molecule has 0 radical (unpaired) electrons. The molecule has 4 fully saturated rings. The highest BCUT2D eigenvalue weighted by atomic mass is 16.6. The van der Waals surface area contributed by atoms with E-state index in [4.69, 9.17) is 10.5 Å². The maximum atomic E-state index is 10.9. The molecular weight excluding hydrogens is 506 g/mol. The SMILES string of the molecule is CN1c2ccc(C(C)(C)C)cc2NC1CC[C@H]1C[C@H](N(C)C[C@H]2O[C@@H](N3CCC4C(N)NCNC43)[C@H](O)[C@@H]2O)C1. The zero-order valence-electron chi connectivity index (χ0n) is 24.9. The molecular formula is C30H51N7O3. The number of fused-ring (bicyclic) bond motifs is 2. The monoisotopic (exact) mass is 557 g/mol. The van der Waals surface area contributed by atoms with Crippen LogP contribution in [0.1, 0.15) is 58.4 Å². The molecule has 4 aliphatic heterocycles. The van der Waals surface area contributed by atoms with Gasteiger partial charge in [0.1, 0.15) is 24.5 Å². The van der Waals surface area contributed by atoms with Crippen molar-refractivity contribution in [1.29, 1.82) is 0 Å². The number of likely N-dealkylation sites (N-methyl/N-ethyl adjacent to an activating group) is 1.